The molecule has 17 heavy (non-hydrogen) atoms. The Morgan fingerprint density at radius 1 is 1.65 bits per heavy atom. The summed E-state index contributed by atoms with van der Waals surface area (Å²) in [5.74, 6) is -0.612. The van der Waals surface area contributed by atoms with Gasteiger partial charge in [0.1, 0.15) is 6.23 Å². The third kappa shape index (κ3) is 2.59. The molecule has 6 nitrogen and oxygen atoms in total. The Bertz CT molecular complexity index is 506. The van der Waals surface area contributed by atoms with Crippen molar-refractivity contribution in [2.75, 3.05) is 19.0 Å². The van der Waals surface area contributed by atoms with E-state index in [0.29, 0.717) is 5.75 Å². The first kappa shape index (κ1) is 12.3. The number of hydrogen-bond donors (Lipinski definition) is 2. The number of ether oxygens (including phenoxy) is 1. The van der Waals surface area contributed by atoms with Crippen molar-refractivity contribution in [3.8, 4) is 0 Å². The first-order valence-corrected chi connectivity index (χ1v) is 6.01. The molecule has 94 valence electrons. The minimum absolute atomic E-state index is 0.00767. The van der Waals surface area contributed by atoms with Crippen molar-refractivity contribution >= 4 is 11.8 Å². The highest BCUT2D eigenvalue weighted by molar-refractivity contribution is 8.00. The second-order valence-corrected chi connectivity index (χ2v) is 4.90. The number of aliphatic hydroxyl groups excluding tert-OH is 1. The standard InChI is InChI=1S/C9H11FN2O4S/c10-6-1-12(9(15)11-8(6)14)7-4-17-5(2-13)3-16-7/h1,5,7,13H,2-4H2,(H,11,14,15). The minimum atomic E-state index is -1.04. The number of halogens is 1. The second kappa shape index (κ2) is 5.03. The van der Waals surface area contributed by atoms with E-state index >= 15 is 0 Å². The van der Waals surface area contributed by atoms with E-state index < -0.39 is 23.3 Å². The van der Waals surface area contributed by atoms with Crippen molar-refractivity contribution in [3.05, 3.63) is 32.9 Å². The van der Waals surface area contributed by atoms with E-state index in [9.17, 15) is 14.0 Å². The van der Waals surface area contributed by atoms with E-state index in [0.717, 1.165) is 10.8 Å². The third-order valence-corrected chi connectivity index (χ3v) is 3.62. The predicted octanol–water partition coefficient (Wildman–Crippen LogP) is -0.701. The summed E-state index contributed by atoms with van der Waals surface area (Å²) in [7, 11) is 0. The molecule has 2 unspecified atom stereocenters. The van der Waals surface area contributed by atoms with E-state index in [-0.39, 0.29) is 18.5 Å². The van der Waals surface area contributed by atoms with Crippen molar-refractivity contribution in [1.82, 2.24) is 9.55 Å². The van der Waals surface area contributed by atoms with E-state index in [2.05, 4.69) is 0 Å². The van der Waals surface area contributed by atoms with E-state index in [1.165, 1.54) is 11.8 Å². The lowest BCUT2D eigenvalue weighted by molar-refractivity contribution is 0.00409. The average Bonchev–Trinajstić information content (AvgIpc) is 2.34. The second-order valence-electron chi connectivity index (χ2n) is 3.57. The third-order valence-electron chi connectivity index (χ3n) is 2.39. The SMILES string of the molecule is O=c1[nH]c(=O)n(C2CSC(CO)CO2)cc1F. The molecule has 1 fully saturated rings. The summed E-state index contributed by atoms with van der Waals surface area (Å²) in [6.45, 7) is 0.269. The Labute approximate surface area is 99.4 Å². The summed E-state index contributed by atoms with van der Waals surface area (Å²) in [6.07, 6.45) is 0.215. The largest absolute Gasteiger partial charge is 0.395 e. The van der Waals surface area contributed by atoms with Gasteiger partial charge in [0.2, 0.25) is 5.82 Å². The van der Waals surface area contributed by atoms with Crippen LogP contribution in [0.3, 0.4) is 0 Å². The zero-order valence-corrected chi connectivity index (χ0v) is 9.58. The molecule has 2 N–H and O–H groups in total. The van der Waals surface area contributed by atoms with Gasteiger partial charge in [0.25, 0.3) is 5.56 Å². The number of nitrogens with one attached hydrogen (secondary N) is 1. The highest BCUT2D eigenvalue weighted by Gasteiger charge is 2.24. The molecule has 0 bridgehead atoms. The fourth-order valence-corrected chi connectivity index (χ4v) is 2.45. The molecule has 0 amide bonds. The fraction of sp³-hybridized carbons (Fsp3) is 0.556. The molecule has 0 aromatic carbocycles. The molecule has 0 aliphatic carbocycles. The van der Waals surface area contributed by atoms with Crippen LogP contribution in [0.2, 0.25) is 0 Å². The van der Waals surface area contributed by atoms with Gasteiger partial charge in [0.15, 0.2) is 0 Å². The molecule has 0 saturated carbocycles. The van der Waals surface area contributed by atoms with Gasteiger partial charge in [0, 0.05) is 5.75 Å². The smallest absolute Gasteiger partial charge is 0.330 e. The zero-order valence-electron chi connectivity index (χ0n) is 8.76. The lowest BCUT2D eigenvalue weighted by Gasteiger charge is -2.28. The van der Waals surface area contributed by atoms with Gasteiger partial charge in [-0.15, -0.1) is 11.8 Å². The molecule has 0 spiro atoms. The Hall–Kier alpha value is -1.12. The van der Waals surface area contributed by atoms with Gasteiger partial charge >= 0.3 is 5.69 Å². The molecule has 0 radical (unpaired) electrons. The average molecular weight is 262 g/mol. The van der Waals surface area contributed by atoms with Gasteiger partial charge in [-0.05, 0) is 0 Å². The van der Waals surface area contributed by atoms with Gasteiger partial charge < -0.3 is 9.84 Å². The van der Waals surface area contributed by atoms with Crippen LogP contribution in [0.15, 0.2) is 15.8 Å². The number of aromatic amines is 1. The maximum absolute atomic E-state index is 13.1. The van der Waals surface area contributed by atoms with Crippen LogP contribution in [0.1, 0.15) is 6.23 Å². The van der Waals surface area contributed by atoms with Crippen LogP contribution >= 0.6 is 11.8 Å². The fourth-order valence-electron chi connectivity index (χ4n) is 1.47. The van der Waals surface area contributed by atoms with Gasteiger partial charge in [-0.1, -0.05) is 0 Å². The molecular formula is C9H11FN2O4S. The van der Waals surface area contributed by atoms with Crippen LogP contribution < -0.4 is 11.2 Å². The molecule has 2 rings (SSSR count). The van der Waals surface area contributed by atoms with E-state index in [1.54, 1.807) is 0 Å². The first-order chi connectivity index (χ1) is 8.11. The minimum Gasteiger partial charge on any atom is -0.395 e. The normalized spacial score (nSPS) is 24.8. The number of H-pyrrole nitrogens is 1. The highest BCUT2D eigenvalue weighted by atomic mass is 32.2. The number of rotatable bonds is 2. The van der Waals surface area contributed by atoms with Gasteiger partial charge in [-0.2, -0.15) is 4.39 Å². The van der Waals surface area contributed by atoms with Crippen LogP contribution in [-0.2, 0) is 4.74 Å². The van der Waals surface area contributed by atoms with E-state index in [4.69, 9.17) is 9.84 Å². The Balaban J connectivity index is 2.22. The predicted molar refractivity (Wildman–Crippen MR) is 59.6 cm³/mol. The summed E-state index contributed by atoms with van der Waals surface area (Å²) in [5, 5.41) is 8.87. The zero-order chi connectivity index (χ0) is 12.4. The summed E-state index contributed by atoms with van der Waals surface area (Å²) in [4.78, 5) is 24.2. The quantitative estimate of drug-likeness (QED) is 0.736. The molecule has 1 aromatic rings. The topological polar surface area (TPSA) is 84.3 Å². The molecule has 8 heteroatoms. The lowest BCUT2D eigenvalue weighted by Crippen LogP contribution is -2.38. The van der Waals surface area contributed by atoms with Crippen molar-refractivity contribution in [2.24, 2.45) is 0 Å². The Morgan fingerprint density at radius 3 is 3.00 bits per heavy atom. The monoisotopic (exact) mass is 262 g/mol. The van der Waals surface area contributed by atoms with Crippen molar-refractivity contribution < 1.29 is 14.2 Å². The maximum Gasteiger partial charge on any atom is 0.330 e. The molecule has 1 aromatic heterocycles. The van der Waals surface area contributed by atoms with Crippen LogP contribution in [0, 0.1) is 5.82 Å². The van der Waals surface area contributed by atoms with Crippen LogP contribution in [0.4, 0.5) is 4.39 Å². The van der Waals surface area contributed by atoms with Gasteiger partial charge in [-0.3, -0.25) is 14.3 Å². The summed E-state index contributed by atoms with van der Waals surface area (Å²) in [6, 6.07) is 0. The van der Waals surface area contributed by atoms with E-state index in [1.807, 2.05) is 4.98 Å². The lowest BCUT2D eigenvalue weighted by atomic mass is 10.4. The molecular weight excluding hydrogens is 251 g/mol. The summed E-state index contributed by atoms with van der Waals surface area (Å²) in [5.41, 5.74) is -1.74. The van der Waals surface area contributed by atoms with Gasteiger partial charge in [0.05, 0.1) is 24.7 Å². The van der Waals surface area contributed by atoms with Crippen molar-refractivity contribution in [3.63, 3.8) is 0 Å². The molecule has 1 aliphatic rings. The maximum atomic E-state index is 13.1. The van der Waals surface area contributed by atoms with Crippen molar-refractivity contribution in [1.29, 1.82) is 0 Å². The number of nitrogens with zero attached hydrogens (tertiary/aromatic N) is 1. The Kier molecular flexibility index (Phi) is 3.65. The van der Waals surface area contributed by atoms with Crippen LogP contribution in [-0.4, -0.2) is 38.9 Å². The summed E-state index contributed by atoms with van der Waals surface area (Å²) < 4.78 is 19.4. The number of aromatic nitrogens is 2. The number of aliphatic hydroxyl groups is 1. The number of thioether (sulfide) groups is 1. The molecule has 2 heterocycles. The Morgan fingerprint density at radius 2 is 2.41 bits per heavy atom. The highest BCUT2D eigenvalue weighted by Crippen LogP contribution is 2.25. The first-order valence-electron chi connectivity index (χ1n) is 4.97. The molecule has 2 atom stereocenters. The van der Waals surface area contributed by atoms with Gasteiger partial charge in [-0.25, -0.2) is 4.79 Å². The van der Waals surface area contributed by atoms with Crippen LogP contribution in [0.5, 0.6) is 0 Å². The number of hydrogen-bond acceptors (Lipinski definition) is 5. The van der Waals surface area contributed by atoms with Crippen molar-refractivity contribution in [2.45, 2.75) is 11.5 Å². The molecule has 1 saturated heterocycles. The molecule has 1 aliphatic heterocycles. The van der Waals surface area contributed by atoms with Crippen LogP contribution in [0.25, 0.3) is 0 Å². The summed E-state index contributed by atoms with van der Waals surface area (Å²) >= 11 is 1.44.